The van der Waals surface area contributed by atoms with E-state index < -0.39 is 23.1 Å². The van der Waals surface area contributed by atoms with Crippen LogP contribution < -0.4 is 0 Å². The van der Waals surface area contributed by atoms with Crippen molar-refractivity contribution in [2.45, 2.75) is 78.4 Å². The van der Waals surface area contributed by atoms with Crippen LogP contribution >= 0.6 is 0 Å². The van der Waals surface area contributed by atoms with E-state index in [-0.39, 0.29) is 17.3 Å². The Morgan fingerprint density at radius 1 is 1.00 bits per heavy atom. The van der Waals surface area contributed by atoms with Crippen LogP contribution in [0.1, 0.15) is 72.6 Å². The van der Waals surface area contributed by atoms with E-state index in [2.05, 4.69) is 26.0 Å². The van der Waals surface area contributed by atoms with Crippen LogP contribution in [0, 0.1) is 34.5 Å². The van der Waals surface area contributed by atoms with Gasteiger partial charge < -0.3 is 9.47 Å². The summed E-state index contributed by atoms with van der Waals surface area (Å²) in [5.74, 6) is -0.991. The molecule has 0 aliphatic heterocycles. The molecule has 3 fully saturated rings. The molecule has 0 aromatic heterocycles. The van der Waals surface area contributed by atoms with Gasteiger partial charge >= 0.3 is 11.9 Å². The summed E-state index contributed by atoms with van der Waals surface area (Å²) in [7, 11) is 0. The first-order chi connectivity index (χ1) is 13.1. The average molecular weight is 389 g/mol. The zero-order valence-corrected chi connectivity index (χ0v) is 17.5. The molecule has 5 heteroatoms. The molecule has 0 amide bonds. The molecule has 0 radical (unpaired) electrons. The van der Waals surface area contributed by atoms with Gasteiger partial charge in [-0.1, -0.05) is 26.0 Å². The minimum absolute atomic E-state index is 0.0456. The normalized spacial score (nSPS) is 43.5. The van der Waals surface area contributed by atoms with Crippen LogP contribution in [0.15, 0.2) is 12.2 Å². The Morgan fingerprint density at radius 2 is 1.64 bits per heavy atom. The minimum atomic E-state index is -1.25. The third kappa shape index (κ3) is 2.61. The highest BCUT2D eigenvalue weighted by Gasteiger charge is 2.69. The maximum absolute atomic E-state index is 13.3. The van der Waals surface area contributed by atoms with Crippen molar-refractivity contribution in [3.63, 3.8) is 0 Å². The van der Waals surface area contributed by atoms with Gasteiger partial charge in [0.1, 0.15) is 5.78 Å². The molecule has 4 aliphatic carbocycles. The van der Waals surface area contributed by atoms with E-state index in [0.29, 0.717) is 30.5 Å². The zero-order valence-electron chi connectivity index (χ0n) is 17.5. The van der Waals surface area contributed by atoms with Crippen molar-refractivity contribution < 1.29 is 23.9 Å². The maximum Gasteiger partial charge on any atom is 0.305 e. The van der Waals surface area contributed by atoms with E-state index in [9.17, 15) is 14.4 Å². The molecule has 0 saturated heterocycles. The van der Waals surface area contributed by atoms with Crippen molar-refractivity contribution in [1.82, 2.24) is 0 Å². The Hall–Kier alpha value is -1.65. The number of carbonyl (C=O) groups is 3. The van der Waals surface area contributed by atoms with Crippen molar-refractivity contribution in [2.75, 3.05) is 0 Å². The third-order valence-electron chi connectivity index (χ3n) is 8.59. The van der Waals surface area contributed by atoms with Gasteiger partial charge in [-0.2, -0.15) is 0 Å². The second kappa shape index (κ2) is 6.43. The summed E-state index contributed by atoms with van der Waals surface area (Å²) < 4.78 is 11.4. The van der Waals surface area contributed by atoms with E-state index in [0.717, 1.165) is 32.1 Å². The van der Waals surface area contributed by atoms with Crippen LogP contribution in [0.5, 0.6) is 0 Å². The van der Waals surface area contributed by atoms with E-state index in [1.807, 2.05) is 0 Å². The summed E-state index contributed by atoms with van der Waals surface area (Å²) in [5, 5.41) is 0. The van der Waals surface area contributed by atoms with E-state index >= 15 is 0 Å². The summed E-state index contributed by atoms with van der Waals surface area (Å²) in [6.07, 6.45) is 10.4. The quantitative estimate of drug-likeness (QED) is 0.403. The first kappa shape index (κ1) is 19.7. The molecule has 0 bridgehead atoms. The number of ketones is 1. The summed E-state index contributed by atoms with van der Waals surface area (Å²) in [5.41, 5.74) is -0.463. The molecule has 154 valence electrons. The second-order valence-electron chi connectivity index (χ2n) is 9.89. The summed E-state index contributed by atoms with van der Waals surface area (Å²) in [4.78, 5) is 37.1. The largest absolute Gasteiger partial charge is 0.422 e. The standard InChI is InChI=1S/C23H32O5/c1-14(24)27-23(28-15(2)25)12-9-18-20-17(8-11-22(18,23)4)21(3)10-6-5-7-16(21)13-19(20)26/h6,10,16-18,20H,5,7-9,11-13H2,1-4H3/t16?,17-,18+,20-,21+,22+/m1/s1. The smallest absolute Gasteiger partial charge is 0.305 e. The van der Waals surface area contributed by atoms with E-state index in [1.54, 1.807) is 0 Å². The van der Waals surface area contributed by atoms with Gasteiger partial charge in [0, 0.05) is 38.0 Å². The van der Waals surface area contributed by atoms with Crippen LogP contribution in [0.4, 0.5) is 0 Å². The average Bonchev–Trinajstić information content (AvgIpc) is 2.86. The Labute approximate surface area is 167 Å². The van der Waals surface area contributed by atoms with Gasteiger partial charge in [-0.3, -0.25) is 14.4 Å². The van der Waals surface area contributed by atoms with Gasteiger partial charge in [0.25, 0.3) is 5.79 Å². The molecule has 28 heavy (non-hydrogen) atoms. The van der Waals surface area contributed by atoms with Crippen molar-refractivity contribution in [1.29, 1.82) is 0 Å². The lowest BCUT2D eigenvalue weighted by Crippen LogP contribution is -2.60. The van der Waals surface area contributed by atoms with Crippen LogP contribution in [0.3, 0.4) is 0 Å². The third-order valence-corrected chi connectivity index (χ3v) is 8.59. The number of esters is 2. The number of rotatable bonds is 2. The molecule has 1 unspecified atom stereocenters. The summed E-state index contributed by atoms with van der Waals surface area (Å²) in [6, 6.07) is 0. The molecular weight excluding hydrogens is 356 g/mol. The fourth-order valence-electron chi connectivity index (χ4n) is 7.28. The van der Waals surface area contributed by atoms with E-state index in [4.69, 9.17) is 9.47 Å². The minimum Gasteiger partial charge on any atom is -0.422 e. The highest BCUT2D eigenvalue weighted by atomic mass is 16.7. The molecule has 5 nitrogen and oxygen atoms in total. The predicted octanol–water partition coefficient (Wildman–Crippen LogP) is 4.20. The van der Waals surface area contributed by atoms with Crippen LogP contribution in [0.2, 0.25) is 0 Å². The number of hydrogen-bond acceptors (Lipinski definition) is 5. The number of Topliss-reactive ketones (excluding diaryl/α,β-unsaturated/α-hetero) is 1. The Kier molecular flexibility index (Phi) is 4.51. The molecular formula is C23H32O5. The molecule has 0 heterocycles. The fourth-order valence-corrected chi connectivity index (χ4v) is 7.28. The lowest BCUT2D eigenvalue weighted by molar-refractivity contribution is -0.273. The molecule has 6 atom stereocenters. The Balaban J connectivity index is 1.73. The number of fused-ring (bicyclic) bond motifs is 5. The van der Waals surface area contributed by atoms with Crippen LogP contribution in [-0.4, -0.2) is 23.5 Å². The molecule has 4 aliphatic rings. The van der Waals surface area contributed by atoms with Gasteiger partial charge in [0.05, 0.1) is 0 Å². The van der Waals surface area contributed by atoms with Gasteiger partial charge in [-0.05, 0) is 55.3 Å². The maximum atomic E-state index is 13.3. The monoisotopic (exact) mass is 388 g/mol. The Bertz CT molecular complexity index is 723. The van der Waals surface area contributed by atoms with Gasteiger partial charge in [0.2, 0.25) is 0 Å². The number of hydrogen-bond donors (Lipinski definition) is 0. The Morgan fingerprint density at radius 3 is 2.29 bits per heavy atom. The topological polar surface area (TPSA) is 69.7 Å². The van der Waals surface area contributed by atoms with Gasteiger partial charge in [-0.25, -0.2) is 0 Å². The first-order valence-corrected chi connectivity index (χ1v) is 10.7. The van der Waals surface area contributed by atoms with Crippen molar-refractivity contribution >= 4 is 17.7 Å². The molecule has 4 rings (SSSR count). The highest BCUT2D eigenvalue weighted by Crippen LogP contribution is 2.67. The second-order valence-corrected chi connectivity index (χ2v) is 9.89. The predicted molar refractivity (Wildman–Crippen MR) is 103 cm³/mol. The number of allylic oxidation sites excluding steroid dienone is 2. The van der Waals surface area contributed by atoms with Crippen molar-refractivity contribution in [2.24, 2.45) is 34.5 Å². The van der Waals surface area contributed by atoms with Gasteiger partial charge in [0.15, 0.2) is 0 Å². The molecule has 0 aromatic rings. The van der Waals surface area contributed by atoms with Crippen LogP contribution in [-0.2, 0) is 23.9 Å². The van der Waals surface area contributed by atoms with Crippen LogP contribution in [0.25, 0.3) is 0 Å². The molecule has 3 saturated carbocycles. The lowest BCUT2D eigenvalue weighted by atomic mass is 9.46. The summed E-state index contributed by atoms with van der Waals surface area (Å²) >= 11 is 0. The number of ether oxygens (including phenoxy) is 2. The fraction of sp³-hybridized carbons (Fsp3) is 0.783. The van der Waals surface area contributed by atoms with E-state index in [1.165, 1.54) is 13.8 Å². The van der Waals surface area contributed by atoms with Gasteiger partial charge in [-0.15, -0.1) is 0 Å². The lowest BCUT2D eigenvalue weighted by Gasteiger charge is -2.58. The molecule has 0 aromatic carbocycles. The number of carbonyl (C=O) groups excluding carboxylic acids is 3. The molecule has 0 N–H and O–H groups in total. The SMILES string of the molecule is CC(=O)OC1(OC(C)=O)CC[C@H]2[C@@H]3C(=O)CC4CCC=C[C@]4(C)[C@@H]3CC[C@@]21C. The van der Waals surface area contributed by atoms with Crippen molar-refractivity contribution in [3.8, 4) is 0 Å². The van der Waals surface area contributed by atoms with Crippen molar-refractivity contribution in [3.05, 3.63) is 12.2 Å². The first-order valence-electron chi connectivity index (χ1n) is 10.7. The highest BCUT2D eigenvalue weighted by molar-refractivity contribution is 5.84. The molecule has 0 spiro atoms. The summed E-state index contributed by atoms with van der Waals surface area (Å²) in [6.45, 7) is 7.11. The zero-order chi connectivity index (χ0) is 20.3.